The number of H-pyrrole nitrogens is 1. The zero-order valence-electron chi connectivity index (χ0n) is 15.5. The molecule has 5 rings (SSSR count). The molecule has 0 bridgehead atoms. The van der Waals surface area contributed by atoms with Gasteiger partial charge in [-0.2, -0.15) is 0 Å². The highest BCUT2D eigenvalue weighted by atomic mass is 15.2. The Labute approximate surface area is 155 Å². The first-order valence-corrected chi connectivity index (χ1v) is 9.96. The number of nitrogens with one attached hydrogen (secondary N) is 1. The summed E-state index contributed by atoms with van der Waals surface area (Å²) in [4.78, 5) is 8.77. The van der Waals surface area contributed by atoms with Gasteiger partial charge in [-0.1, -0.05) is 36.4 Å². The zero-order chi connectivity index (χ0) is 17.5. The Bertz CT molecular complexity index is 904. The van der Waals surface area contributed by atoms with E-state index in [0.717, 1.165) is 0 Å². The van der Waals surface area contributed by atoms with Gasteiger partial charge in [0.1, 0.15) is 0 Å². The van der Waals surface area contributed by atoms with E-state index in [1.807, 2.05) is 0 Å². The molecule has 2 aliphatic heterocycles. The van der Waals surface area contributed by atoms with Gasteiger partial charge >= 0.3 is 0 Å². The van der Waals surface area contributed by atoms with Crippen LogP contribution in [0.4, 0.5) is 5.69 Å². The Morgan fingerprint density at radius 2 is 1.73 bits per heavy atom. The van der Waals surface area contributed by atoms with E-state index in [0.29, 0.717) is 12.1 Å². The van der Waals surface area contributed by atoms with Crippen molar-refractivity contribution in [2.45, 2.75) is 38.3 Å². The molecule has 0 spiro atoms. The van der Waals surface area contributed by atoms with Gasteiger partial charge in [0.15, 0.2) is 0 Å². The van der Waals surface area contributed by atoms with Crippen LogP contribution in [0.1, 0.15) is 36.9 Å². The molecule has 0 aliphatic carbocycles. The van der Waals surface area contributed by atoms with Gasteiger partial charge in [-0.3, -0.25) is 4.90 Å². The molecule has 3 nitrogen and oxygen atoms in total. The lowest BCUT2D eigenvalue weighted by Gasteiger charge is -2.40. The fourth-order valence-electron chi connectivity index (χ4n) is 4.96. The lowest BCUT2D eigenvalue weighted by molar-refractivity contribution is 0.162. The lowest BCUT2D eigenvalue weighted by Crippen LogP contribution is -2.45. The Kier molecular flexibility index (Phi) is 3.97. The number of aromatic amines is 1. The van der Waals surface area contributed by atoms with Crippen LogP contribution < -0.4 is 4.90 Å². The number of rotatable bonds is 3. The number of anilines is 1. The van der Waals surface area contributed by atoms with Gasteiger partial charge in [-0.15, -0.1) is 0 Å². The van der Waals surface area contributed by atoms with Gasteiger partial charge in [0.2, 0.25) is 0 Å². The van der Waals surface area contributed by atoms with Crippen LogP contribution in [0.2, 0.25) is 0 Å². The Balaban J connectivity index is 1.29. The van der Waals surface area contributed by atoms with Gasteiger partial charge in [-0.25, -0.2) is 0 Å². The van der Waals surface area contributed by atoms with E-state index in [1.165, 1.54) is 66.6 Å². The number of piperidine rings is 1. The number of hydrogen-bond acceptors (Lipinski definition) is 2. The van der Waals surface area contributed by atoms with Crippen molar-refractivity contribution < 1.29 is 0 Å². The second kappa shape index (κ2) is 6.48. The van der Waals surface area contributed by atoms with E-state index < -0.39 is 0 Å². The third-order valence-corrected chi connectivity index (χ3v) is 6.48. The summed E-state index contributed by atoms with van der Waals surface area (Å²) in [6.45, 7) is 5.93. The van der Waals surface area contributed by atoms with Crippen LogP contribution in [0.5, 0.6) is 0 Å². The number of para-hydroxylation sites is 2. The number of benzene rings is 2. The predicted octanol–water partition coefficient (Wildman–Crippen LogP) is 4.76. The molecule has 2 aromatic carbocycles. The van der Waals surface area contributed by atoms with Crippen LogP contribution in [-0.4, -0.2) is 35.6 Å². The second-order valence-corrected chi connectivity index (χ2v) is 7.80. The van der Waals surface area contributed by atoms with Gasteiger partial charge in [0.05, 0.1) is 0 Å². The van der Waals surface area contributed by atoms with Crippen LogP contribution in [0.25, 0.3) is 10.9 Å². The third-order valence-electron chi connectivity index (χ3n) is 6.48. The molecule has 0 saturated carbocycles. The third kappa shape index (κ3) is 2.62. The van der Waals surface area contributed by atoms with Crippen molar-refractivity contribution in [3.63, 3.8) is 0 Å². The number of aromatic nitrogens is 1. The second-order valence-electron chi connectivity index (χ2n) is 7.80. The molecule has 26 heavy (non-hydrogen) atoms. The standard InChI is InChI=1S/C23H27N3/c1-17(21-16-24-22-8-4-3-7-20(21)22)25-13-11-19(12-14-25)26-15-10-18-6-2-5-9-23(18)26/h2-9,16-17,19,24H,10-15H2,1H3. The minimum Gasteiger partial charge on any atom is -0.368 e. The quantitative estimate of drug-likeness (QED) is 0.739. The van der Waals surface area contributed by atoms with Gasteiger partial charge in [0.25, 0.3) is 0 Å². The SMILES string of the molecule is CC(c1c[nH]c2ccccc12)N1CCC(N2CCc3ccccc32)CC1. The molecule has 1 saturated heterocycles. The summed E-state index contributed by atoms with van der Waals surface area (Å²) in [6.07, 6.45) is 5.95. The van der Waals surface area contributed by atoms with E-state index in [4.69, 9.17) is 0 Å². The summed E-state index contributed by atoms with van der Waals surface area (Å²) < 4.78 is 0. The highest BCUT2D eigenvalue weighted by molar-refractivity contribution is 5.83. The van der Waals surface area contributed by atoms with Gasteiger partial charge < -0.3 is 9.88 Å². The van der Waals surface area contributed by atoms with Crippen molar-refractivity contribution >= 4 is 16.6 Å². The molecule has 2 aliphatic rings. The predicted molar refractivity (Wildman–Crippen MR) is 109 cm³/mol. The molecule has 1 unspecified atom stereocenters. The number of nitrogens with zero attached hydrogens (tertiary/aromatic N) is 2. The first-order valence-electron chi connectivity index (χ1n) is 9.96. The summed E-state index contributed by atoms with van der Waals surface area (Å²) in [5, 5.41) is 1.37. The number of hydrogen-bond donors (Lipinski definition) is 1. The molecule has 0 amide bonds. The van der Waals surface area contributed by atoms with Crippen molar-refractivity contribution in [1.82, 2.24) is 9.88 Å². The maximum absolute atomic E-state index is 3.44. The minimum atomic E-state index is 0.470. The maximum atomic E-state index is 3.44. The number of likely N-dealkylation sites (tertiary alicyclic amines) is 1. The van der Waals surface area contributed by atoms with E-state index in [9.17, 15) is 0 Å². The summed E-state index contributed by atoms with van der Waals surface area (Å²) in [5.74, 6) is 0. The van der Waals surface area contributed by atoms with Crippen LogP contribution in [0.3, 0.4) is 0 Å². The fourth-order valence-corrected chi connectivity index (χ4v) is 4.96. The van der Waals surface area contributed by atoms with Crippen LogP contribution in [0.15, 0.2) is 54.7 Å². The molecule has 3 heteroatoms. The normalized spacial score (nSPS) is 19.8. The largest absolute Gasteiger partial charge is 0.368 e. The van der Waals surface area contributed by atoms with E-state index in [1.54, 1.807) is 0 Å². The van der Waals surface area contributed by atoms with Crippen molar-refractivity contribution in [2.24, 2.45) is 0 Å². The summed E-state index contributed by atoms with van der Waals surface area (Å²) >= 11 is 0. The zero-order valence-corrected chi connectivity index (χ0v) is 15.5. The smallest absolute Gasteiger partial charge is 0.0457 e. The highest BCUT2D eigenvalue weighted by Gasteiger charge is 2.31. The van der Waals surface area contributed by atoms with Gasteiger partial charge in [0, 0.05) is 54.5 Å². The topological polar surface area (TPSA) is 22.3 Å². The Hall–Kier alpha value is -2.26. The van der Waals surface area contributed by atoms with Crippen LogP contribution in [-0.2, 0) is 6.42 Å². The fraction of sp³-hybridized carbons (Fsp3) is 0.391. The molecular weight excluding hydrogens is 318 g/mol. The summed E-state index contributed by atoms with van der Waals surface area (Å²) in [6, 6.07) is 18.8. The molecule has 1 fully saturated rings. The van der Waals surface area contributed by atoms with Crippen molar-refractivity contribution in [2.75, 3.05) is 24.5 Å². The van der Waals surface area contributed by atoms with Gasteiger partial charge in [-0.05, 0) is 49.4 Å². The molecule has 1 aromatic heterocycles. The Morgan fingerprint density at radius 1 is 0.962 bits per heavy atom. The van der Waals surface area contributed by atoms with Crippen LogP contribution >= 0.6 is 0 Å². The van der Waals surface area contributed by atoms with E-state index in [-0.39, 0.29) is 0 Å². The summed E-state index contributed by atoms with van der Waals surface area (Å²) in [7, 11) is 0. The molecular formula is C23H27N3. The molecule has 1 atom stereocenters. The first kappa shape index (κ1) is 16.0. The molecule has 1 N–H and O–H groups in total. The molecule has 3 aromatic rings. The Morgan fingerprint density at radius 3 is 2.62 bits per heavy atom. The van der Waals surface area contributed by atoms with E-state index >= 15 is 0 Å². The highest BCUT2D eigenvalue weighted by Crippen LogP contribution is 2.35. The first-order chi connectivity index (χ1) is 12.8. The van der Waals surface area contributed by atoms with E-state index in [2.05, 4.69) is 76.4 Å². The molecule has 0 radical (unpaired) electrons. The van der Waals surface area contributed by atoms with Crippen molar-refractivity contribution in [3.05, 3.63) is 65.9 Å². The number of fused-ring (bicyclic) bond motifs is 2. The average molecular weight is 345 g/mol. The molecule has 3 heterocycles. The lowest BCUT2D eigenvalue weighted by atomic mass is 9.98. The molecule has 134 valence electrons. The monoisotopic (exact) mass is 345 g/mol. The van der Waals surface area contributed by atoms with Crippen molar-refractivity contribution in [1.29, 1.82) is 0 Å². The average Bonchev–Trinajstić information content (AvgIpc) is 3.32. The summed E-state index contributed by atoms with van der Waals surface area (Å²) in [5.41, 5.74) is 5.70. The van der Waals surface area contributed by atoms with Crippen molar-refractivity contribution in [3.8, 4) is 0 Å². The maximum Gasteiger partial charge on any atom is 0.0457 e. The minimum absolute atomic E-state index is 0.470. The van der Waals surface area contributed by atoms with Crippen LogP contribution in [0, 0.1) is 0 Å².